The van der Waals surface area contributed by atoms with Gasteiger partial charge in [-0.1, -0.05) is 17.7 Å². The number of hydrogen-bond donors (Lipinski definition) is 2. The van der Waals surface area contributed by atoms with Crippen LogP contribution >= 0.6 is 0 Å². The molecular weight excluding hydrogens is 432 g/mol. The lowest BCUT2D eigenvalue weighted by Gasteiger charge is -2.19. The number of amides is 2. The number of aryl methyl sites for hydroxylation is 1. The number of likely N-dealkylation sites (N-methyl/N-ethyl adjacent to an activating group) is 1. The van der Waals surface area contributed by atoms with Crippen LogP contribution in [-0.4, -0.2) is 70.3 Å². The standard InChI is InChI=1S/C22H30N4O5S/c1-6-31-19-12-11-18(13-20(19)32(29,30)25(3)4)23-14-22(28)26(5)15-21(27)24-17-9-7-16(2)8-10-17/h7-13,23H,6,14-15H2,1-5H3,(H,24,27). The summed E-state index contributed by atoms with van der Waals surface area (Å²) in [6.45, 7) is 3.81. The molecule has 0 atom stereocenters. The molecule has 0 aliphatic rings. The normalized spacial score (nSPS) is 11.2. The van der Waals surface area contributed by atoms with Crippen LogP contribution in [0.4, 0.5) is 11.4 Å². The van der Waals surface area contributed by atoms with Gasteiger partial charge in [-0.25, -0.2) is 12.7 Å². The molecule has 2 N–H and O–H groups in total. The van der Waals surface area contributed by atoms with Gasteiger partial charge in [0, 0.05) is 32.5 Å². The minimum absolute atomic E-state index is 0.00706. The first-order valence-corrected chi connectivity index (χ1v) is 11.5. The van der Waals surface area contributed by atoms with Crippen LogP contribution in [0.1, 0.15) is 12.5 Å². The predicted molar refractivity (Wildman–Crippen MR) is 124 cm³/mol. The Bertz CT molecular complexity index is 1050. The summed E-state index contributed by atoms with van der Waals surface area (Å²) in [5, 5.41) is 5.66. The second-order valence-electron chi connectivity index (χ2n) is 7.40. The third-order valence-corrected chi connectivity index (χ3v) is 6.42. The van der Waals surface area contributed by atoms with E-state index in [1.165, 1.54) is 32.1 Å². The van der Waals surface area contributed by atoms with Crippen LogP contribution in [0.5, 0.6) is 5.75 Å². The zero-order valence-corrected chi connectivity index (χ0v) is 19.8. The number of carbonyl (C=O) groups is 2. The molecule has 0 aromatic heterocycles. The van der Waals surface area contributed by atoms with Crippen molar-refractivity contribution in [3.63, 3.8) is 0 Å². The highest BCUT2D eigenvalue weighted by Crippen LogP contribution is 2.29. The summed E-state index contributed by atoms with van der Waals surface area (Å²) in [4.78, 5) is 25.9. The Morgan fingerprint density at radius 2 is 1.62 bits per heavy atom. The van der Waals surface area contributed by atoms with Crippen molar-refractivity contribution in [1.82, 2.24) is 9.21 Å². The maximum absolute atomic E-state index is 12.6. The van der Waals surface area contributed by atoms with Crippen LogP contribution in [0.25, 0.3) is 0 Å². The summed E-state index contributed by atoms with van der Waals surface area (Å²) >= 11 is 0. The summed E-state index contributed by atoms with van der Waals surface area (Å²) < 4.78 is 31.8. The molecule has 0 unspecified atom stereocenters. The summed E-state index contributed by atoms with van der Waals surface area (Å²) in [5.41, 5.74) is 2.18. The average molecular weight is 463 g/mol. The Morgan fingerprint density at radius 1 is 1.00 bits per heavy atom. The number of sulfonamides is 1. The van der Waals surface area contributed by atoms with Gasteiger partial charge in [0.15, 0.2) is 0 Å². The highest BCUT2D eigenvalue weighted by molar-refractivity contribution is 7.89. The molecule has 2 aromatic rings. The molecular formula is C22H30N4O5S. The Morgan fingerprint density at radius 3 is 2.22 bits per heavy atom. The average Bonchev–Trinajstić information content (AvgIpc) is 2.74. The van der Waals surface area contributed by atoms with Gasteiger partial charge in [-0.2, -0.15) is 0 Å². The van der Waals surface area contributed by atoms with E-state index in [9.17, 15) is 18.0 Å². The molecule has 2 rings (SSSR count). The third kappa shape index (κ3) is 6.69. The van der Waals surface area contributed by atoms with Crippen LogP contribution in [0, 0.1) is 6.92 Å². The van der Waals surface area contributed by atoms with Gasteiger partial charge < -0.3 is 20.3 Å². The number of ether oxygens (including phenoxy) is 1. The second-order valence-corrected chi connectivity index (χ2v) is 9.52. The molecule has 0 fully saturated rings. The van der Waals surface area contributed by atoms with Gasteiger partial charge in [0.05, 0.1) is 19.7 Å². The first-order chi connectivity index (χ1) is 15.0. The quantitative estimate of drug-likeness (QED) is 0.560. The summed E-state index contributed by atoms with van der Waals surface area (Å²) in [7, 11) is 0.663. The number of hydrogen-bond acceptors (Lipinski definition) is 6. The molecule has 9 nitrogen and oxygen atoms in total. The van der Waals surface area contributed by atoms with E-state index >= 15 is 0 Å². The largest absolute Gasteiger partial charge is 0.492 e. The van der Waals surface area contributed by atoms with Gasteiger partial charge in [0.2, 0.25) is 21.8 Å². The molecule has 0 spiro atoms. The second kappa shape index (κ2) is 11.0. The van der Waals surface area contributed by atoms with E-state index in [2.05, 4.69) is 10.6 Å². The van der Waals surface area contributed by atoms with Gasteiger partial charge in [-0.05, 0) is 44.2 Å². The molecule has 174 valence electrons. The molecule has 0 saturated carbocycles. The number of carbonyl (C=O) groups excluding carboxylic acids is 2. The molecule has 2 amide bonds. The van der Waals surface area contributed by atoms with Gasteiger partial charge in [0.25, 0.3) is 0 Å². The smallest absolute Gasteiger partial charge is 0.246 e. The number of rotatable bonds is 10. The van der Waals surface area contributed by atoms with Crippen LogP contribution in [0.3, 0.4) is 0 Å². The molecule has 0 saturated heterocycles. The number of nitrogens with zero attached hydrogens (tertiary/aromatic N) is 2. The summed E-state index contributed by atoms with van der Waals surface area (Å²) in [6, 6.07) is 12.0. The van der Waals surface area contributed by atoms with Crippen LogP contribution < -0.4 is 15.4 Å². The Kier molecular flexibility index (Phi) is 8.62. The molecule has 10 heteroatoms. The highest BCUT2D eigenvalue weighted by Gasteiger charge is 2.23. The van der Waals surface area contributed by atoms with Crippen molar-refractivity contribution in [2.24, 2.45) is 0 Å². The van der Waals surface area contributed by atoms with E-state index in [-0.39, 0.29) is 35.5 Å². The SMILES string of the molecule is CCOc1ccc(NCC(=O)N(C)CC(=O)Nc2ccc(C)cc2)cc1S(=O)(=O)N(C)C. The Labute approximate surface area is 189 Å². The van der Waals surface area contributed by atoms with Crippen molar-refractivity contribution in [3.8, 4) is 5.75 Å². The molecule has 0 bridgehead atoms. The van der Waals surface area contributed by atoms with E-state index in [1.54, 1.807) is 31.2 Å². The fourth-order valence-electron chi connectivity index (χ4n) is 2.74. The maximum atomic E-state index is 12.6. The van der Waals surface area contributed by atoms with Gasteiger partial charge >= 0.3 is 0 Å². The van der Waals surface area contributed by atoms with Crippen LogP contribution in [0.2, 0.25) is 0 Å². The monoisotopic (exact) mass is 462 g/mol. The first-order valence-electron chi connectivity index (χ1n) is 10.1. The summed E-state index contributed by atoms with van der Waals surface area (Å²) in [6.07, 6.45) is 0. The van der Waals surface area contributed by atoms with Crippen molar-refractivity contribution in [3.05, 3.63) is 48.0 Å². The Hall–Kier alpha value is -3.11. The zero-order valence-electron chi connectivity index (χ0n) is 19.0. The molecule has 0 aliphatic carbocycles. The van der Waals surface area contributed by atoms with Gasteiger partial charge in [0.1, 0.15) is 10.6 Å². The van der Waals surface area contributed by atoms with Crippen LogP contribution in [-0.2, 0) is 19.6 Å². The number of nitrogens with one attached hydrogen (secondary N) is 2. The van der Waals surface area contributed by atoms with Gasteiger partial charge in [-0.15, -0.1) is 0 Å². The summed E-state index contributed by atoms with van der Waals surface area (Å²) in [5.74, 6) is -0.400. The fourth-order valence-corrected chi connectivity index (χ4v) is 3.80. The first kappa shape index (κ1) is 25.2. The van der Waals surface area contributed by atoms with Crippen molar-refractivity contribution < 1.29 is 22.7 Å². The van der Waals surface area contributed by atoms with E-state index in [1.807, 2.05) is 19.1 Å². The van der Waals surface area contributed by atoms with Crippen molar-refractivity contribution >= 4 is 33.2 Å². The topological polar surface area (TPSA) is 108 Å². The predicted octanol–water partition coefficient (Wildman–Crippen LogP) is 2.15. The molecule has 0 heterocycles. The fraction of sp³-hybridized carbons (Fsp3) is 0.364. The zero-order chi connectivity index (χ0) is 23.9. The number of anilines is 2. The number of benzene rings is 2. The van der Waals surface area contributed by atoms with Crippen molar-refractivity contribution in [2.75, 3.05) is 51.5 Å². The Balaban J connectivity index is 2.00. The highest BCUT2D eigenvalue weighted by atomic mass is 32.2. The maximum Gasteiger partial charge on any atom is 0.246 e. The molecule has 32 heavy (non-hydrogen) atoms. The van der Waals surface area contributed by atoms with E-state index in [4.69, 9.17) is 4.74 Å². The minimum atomic E-state index is -3.74. The van der Waals surface area contributed by atoms with E-state index in [0.29, 0.717) is 18.0 Å². The molecule has 2 aromatic carbocycles. The van der Waals surface area contributed by atoms with E-state index in [0.717, 1.165) is 9.87 Å². The molecule has 0 aliphatic heterocycles. The van der Waals surface area contributed by atoms with E-state index < -0.39 is 10.0 Å². The lowest BCUT2D eigenvalue weighted by Crippen LogP contribution is -2.38. The lowest BCUT2D eigenvalue weighted by atomic mass is 10.2. The van der Waals surface area contributed by atoms with Gasteiger partial charge in [-0.3, -0.25) is 9.59 Å². The lowest BCUT2D eigenvalue weighted by molar-refractivity contribution is -0.131. The minimum Gasteiger partial charge on any atom is -0.492 e. The van der Waals surface area contributed by atoms with Crippen molar-refractivity contribution in [2.45, 2.75) is 18.7 Å². The van der Waals surface area contributed by atoms with Crippen LogP contribution in [0.15, 0.2) is 47.4 Å². The third-order valence-electron chi connectivity index (χ3n) is 4.59. The van der Waals surface area contributed by atoms with Crippen molar-refractivity contribution in [1.29, 1.82) is 0 Å². The molecule has 0 radical (unpaired) electrons.